The molecule has 8 nitrogen and oxygen atoms in total. The number of furan rings is 1. The summed E-state index contributed by atoms with van der Waals surface area (Å²) in [6.07, 6.45) is 1.52. The van der Waals surface area contributed by atoms with E-state index in [9.17, 15) is 9.59 Å². The Bertz CT molecular complexity index is 1230. The van der Waals surface area contributed by atoms with Crippen molar-refractivity contribution < 1.29 is 13.9 Å². The first-order valence-electron chi connectivity index (χ1n) is 9.55. The predicted octanol–water partition coefficient (Wildman–Crippen LogP) is 3.51. The number of methoxy groups -OCH3 is 1. The first-order chi connectivity index (χ1) is 15.0. The van der Waals surface area contributed by atoms with Crippen LogP contribution in [0.25, 0.3) is 22.0 Å². The van der Waals surface area contributed by atoms with Crippen LogP contribution in [0.15, 0.2) is 69.4 Å². The zero-order chi connectivity index (χ0) is 21.8. The largest absolute Gasteiger partial charge is 0.497 e. The molecule has 1 atom stereocenters. The number of nitrogens with zero attached hydrogens (tertiary/aromatic N) is 3. The maximum Gasteiger partial charge on any atom is 0.267 e. The van der Waals surface area contributed by atoms with Gasteiger partial charge in [-0.2, -0.15) is 5.10 Å². The van der Waals surface area contributed by atoms with Crippen LogP contribution in [0.4, 0.5) is 0 Å². The number of carbonyl (C=O) groups excluding carboxylic acids is 1. The normalized spacial score (nSPS) is 11.8. The van der Waals surface area contributed by atoms with Crippen molar-refractivity contribution in [3.63, 3.8) is 0 Å². The van der Waals surface area contributed by atoms with E-state index in [1.807, 2.05) is 29.6 Å². The zero-order valence-electron chi connectivity index (χ0n) is 16.9. The van der Waals surface area contributed by atoms with Gasteiger partial charge in [-0.3, -0.25) is 9.59 Å². The molecule has 0 saturated carbocycles. The molecule has 3 heterocycles. The summed E-state index contributed by atoms with van der Waals surface area (Å²) in [5, 5.41) is 9.84. The number of aromatic nitrogens is 3. The molecule has 0 aliphatic rings. The van der Waals surface area contributed by atoms with Gasteiger partial charge < -0.3 is 14.5 Å². The van der Waals surface area contributed by atoms with Gasteiger partial charge in [-0.25, -0.2) is 9.67 Å². The van der Waals surface area contributed by atoms with Gasteiger partial charge in [-0.05, 0) is 49.4 Å². The second-order valence-electron chi connectivity index (χ2n) is 6.74. The van der Waals surface area contributed by atoms with Crippen molar-refractivity contribution in [3.8, 4) is 27.8 Å². The van der Waals surface area contributed by atoms with E-state index in [-0.39, 0.29) is 18.0 Å². The molecule has 1 N–H and O–H groups in total. The van der Waals surface area contributed by atoms with Gasteiger partial charge in [0.05, 0.1) is 25.6 Å². The summed E-state index contributed by atoms with van der Waals surface area (Å²) in [5.41, 5.74) is 1.82. The Labute approximate surface area is 182 Å². The van der Waals surface area contributed by atoms with Gasteiger partial charge in [0.2, 0.25) is 5.91 Å². The smallest absolute Gasteiger partial charge is 0.267 e. The number of nitrogens with one attached hydrogen (secondary N) is 1. The van der Waals surface area contributed by atoms with Gasteiger partial charge >= 0.3 is 0 Å². The molecule has 0 fully saturated rings. The lowest BCUT2D eigenvalue weighted by molar-refractivity contribution is -0.124. The summed E-state index contributed by atoms with van der Waals surface area (Å²) in [4.78, 5) is 29.5. The van der Waals surface area contributed by atoms with E-state index in [1.165, 1.54) is 23.7 Å². The molecule has 1 aromatic carbocycles. The summed E-state index contributed by atoms with van der Waals surface area (Å²) < 4.78 is 11.6. The van der Waals surface area contributed by atoms with Crippen LogP contribution in [-0.4, -0.2) is 27.8 Å². The summed E-state index contributed by atoms with van der Waals surface area (Å²) in [5.74, 6) is 0.974. The molecule has 0 radical (unpaired) electrons. The monoisotopic (exact) mass is 436 g/mol. The van der Waals surface area contributed by atoms with Crippen LogP contribution in [-0.2, 0) is 11.3 Å². The molecule has 31 heavy (non-hydrogen) atoms. The molecule has 158 valence electrons. The quantitative estimate of drug-likeness (QED) is 0.476. The summed E-state index contributed by atoms with van der Waals surface area (Å²) in [6, 6.07) is 13.2. The topological polar surface area (TPSA) is 99.2 Å². The van der Waals surface area contributed by atoms with Crippen molar-refractivity contribution in [2.45, 2.75) is 19.5 Å². The van der Waals surface area contributed by atoms with Gasteiger partial charge in [0.25, 0.3) is 5.56 Å². The fourth-order valence-corrected chi connectivity index (χ4v) is 3.78. The third-order valence-corrected chi connectivity index (χ3v) is 5.62. The number of hydrogen-bond donors (Lipinski definition) is 1. The number of carbonyl (C=O) groups is 1. The molecule has 0 spiro atoms. The number of ether oxygens (including phenoxy) is 1. The van der Waals surface area contributed by atoms with E-state index in [4.69, 9.17) is 9.15 Å². The Morgan fingerprint density at radius 3 is 2.74 bits per heavy atom. The summed E-state index contributed by atoms with van der Waals surface area (Å²) in [7, 11) is 1.62. The van der Waals surface area contributed by atoms with Crippen LogP contribution < -0.4 is 15.6 Å². The van der Waals surface area contributed by atoms with E-state index in [0.29, 0.717) is 11.5 Å². The molecular formula is C22H20N4O4S. The number of thiazole rings is 1. The minimum atomic E-state index is -0.790. The third-order valence-electron chi connectivity index (χ3n) is 4.68. The van der Waals surface area contributed by atoms with Crippen molar-refractivity contribution in [3.05, 3.63) is 76.2 Å². The third kappa shape index (κ3) is 4.56. The highest BCUT2D eigenvalue weighted by atomic mass is 32.1. The van der Waals surface area contributed by atoms with Crippen LogP contribution in [0.5, 0.6) is 5.75 Å². The van der Waals surface area contributed by atoms with Crippen LogP contribution in [0.2, 0.25) is 0 Å². The van der Waals surface area contributed by atoms with E-state index in [2.05, 4.69) is 15.4 Å². The van der Waals surface area contributed by atoms with E-state index in [0.717, 1.165) is 26.7 Å². The van der Waals surface area contributed by atoms with Crippen LogP contribution >= 0.6 is 11.3 Å². The minimum Gasteiger partial charge on any atom is -0.497 e. The van der Waals surface area contributed by atoms with E-state index < -0.39 is 6.04 Å². The highest BCUT2D eigenvalue weighted by molar-refractivity contribution is 7.13. The highest BCUT2D eigenvalue weighted by Crippen LogP contribution is 2.25. The SMILES string of the molecule is COc1ccc(-c2nc(CNC(=O)C(C)n3nc(-c4ccco4)ccc3=O)cs2)cc1. The molecule has 1 unspecified atom stereocenters. The van der Waals surface area contributed by atoms with Crippen molar-refractivity contribution in [2.24, 2.45) is 0 Å². The first kappa shape index (κ1) is 20.5. The summed E-state index contributed by atoms with van der Waals surface area (Å²) in [6.45, 7) is 1.88. The molecule has 4 aromatic rings. The van der Waals surface area contributed by atoms with E-state index >= 15 is 0 Å². The molecule has 9 heteroatoms. The van der Waals surface area contributed by atoms with Crippen molar-refractivity contribution in [1.29, 1.82) is 0 Å². The maximum atomic E-state index is 12.6. The van der Waals surface area contributed by atoms with Gasteiger partial charge in [0, 0.05) is 17.0 Å². The Morgan fingerprint density at radius 2 is 2.03 bits per heavy atom. The Morgan fingerprint density at radius 1 is 1.23 bits per heavy atom. The number of rotatable bonds is 7. The second-order valence-corrected chi connectivity index (χ2v) is 7.60. The van der Waals surface area contributed by atoms with Crippen LogP contribution in [0.3, 0.4) is 0 Å². The van der Waals surface area contributed by atoms with Gasteiger partial charge in [-0.1, -0.05) is 0 Å². The number of benzene rings is 1. The lowest BCUT2D eigenvalue weighted by Gasteiger charge is -2.14. The fraction of sp³-hybridized carbons (Fsp3) is 0.182. The fourth-order valence-electron chi connectivity index (χ4n) is 2.95. The molecule has 0 bridgehead atoms. The first-order valence-corrected chi connectivity index (χ1v) is 10.4. The van der Waals surface area contributed by atoms with E-state index in [1.54, 1.807) is 32.2 Å². The minimum absolute atomic E-state index is 0.252. The van der Waals surface area contributed by atoms with Gasteiger partial charge in [0.1, 0.15) is 22.5 Å². The van der Waals surface area contributed by atoms with Crippen LogP contribution in [0, 0.1) is 0 Å². The molecule has 0 aliphatic heterocycles. The van der Waals surface area contributed by atoms with Crippen molar-refractivity contribution >= 4 is 17.2 Å². The number of amides is 1. The predicted molar refractivity (Wildman–Crippen MR) is 117 cm³/mol. The van der Waals surface area contributed by atoms with Crippen molar-refractivity contribution in [2.75, 3.05) is 7.11 Å². The van der Waals surface area contributed by atoms with Gasteiger partial charge in [-0.15, -0.1) is 11.3 Å². The Kier molecular flexibility index (Phi) is 5.94. The highest BCUT2D eigenvalue weighted by Gasteiger charge is 2.19. The molecule has 1 amide bonds. The lowest BCUT2D eigenvalue weighted by atomic mass is 10.2. The molecule has 0 saturated heterocycles. The number of hydrogen-bond acceptors (Lipinski definition) is 7. The zero-order valence-corrected chi connectivity index (χ0v) is 17.8. The standard InChI is InChI=1S/C22H20N4O4S/c1-14(26-20(27)10-9-18(25-26)19-4-3-11-30-19)21(28)23-12-16-13-31-22(24-16)15-5-7-17(29-2)8-6-15/h3-11,13-14H,12H2,1-2H3,(H,23,28). The molecular weight excluding hydrogens is 416 g/mol. The average molecular weight is 436 g/mol. The molecule has 3 aromatic heterocycles. The lowest BCUT2D eigenvalue weighted by Crippen LogP contribution is -2.36. The second kappa shape index (κ2) is 8.97. The molecule has 4 rings (SSSR count). The Hall–Kier alpha value is -3.72. The average Bonchev–Trinajstić information content (AvgIpc) is 3.50. The Balaban J connectivity index is 1.43. The van der Waals surface area contributed by atoms with Crippen molar-refractivity contribution in [1.82, 2.24) is 20.1 Å². The summed E-state index contributed by atoms with van der Waals surface area (Å²) >= 11 is 1.49. The molecule has 0 aliphatic carbocycles. The van der Waals surface area contributed by atoms with Gasteiger partial charge in [0.15, 0.2) is 5.76 Å². The van der Waals surface area contributed by atoms with Crippen LogP contribution in [0.1, 0.15) is 18.7 Å². The maximum absolute atomic E-state index is 12.6.